The number of hydrogen-bond donors (Lipinski definition) is 1. The number of rotatable bonds is 8. The first-order valence-corrected chi connectivity index (χ1v) is 11.7. The zero-order valence-electron chi connectivity index (χ0n) is 17.6. The molecule has 1 heterocycles. The summed E-state index contributed by atoms with van der Waals surface area (Å²) in [5, 5.41) is 3.05. The monoisotopic (exact) mass is 432 g/mol. The fourth-order valence-electron chi connectivity index (χ4n) is 3.58. The summed E-state index contributed by atoms with van der Waals surface area (Å²) in [5.41, 5.74) is 4.29. The Hall–Kier alpha value is -2.60. The molecule has 160 valence electrons. The maximum atomic E-state index is 12.6. The number of thioether (sulfide) groups is 1. The highest BCUT2D eigenvalue weighted by molar-refractivity contribution is 7.98. The summed E-state index contributed by atoms with van der Waals surface area (Å²) < 4.78 is 5.42. The zero-order chi connectivity index (χ0) is 21.3. The number of nitrogens with zero attached hydrogens (tertiary/aromatic N) is 1. The van der Waals surface area contributed by atoms with Crippen LogP contribution in [0.15, 0.2) is 83.8 Å². The fraction of sp³-hybridized carbons (Fsp3) is 0.269. The Bertz CT molecular complexity index is 970. The van der Waals surface area contributed by atoms with Gasteiger partial charge in [0.25, 0.3) is 5.91 Å². The molecule has 1 fully saturated rings. The van der Waals surface area contributed by atoms with Gasteiger partial charge in [0.2, 0.25) is 0 Å². The molecule has 3 aromatic carbocycles. The van der Waals surface area contributed by atoms with Crippen molar-refractivity contribution in [2.75, 3.05) is 26.3 Å². The van der Waals surface area contributed by atoms with E-state index in [9.17, 15) is 4.79 Å². The Labute approximate surface area is 188 Å². The molecular weight excluding hydrogens is 404 g/mol. The topological polar surface area (TPSA) is 41.6 Å². The number of ether oxygens (including phenoxy) is 1. The van der Waals surface area contributed by atoms with Crippen LogP contribution in [-0.2, 0) is 23.6 Å². The summed E-state index contributed by atoms with van der Waals surface area (Å²) in [4.78, 5) is 16.2. The number of carbonyl (C=O) groups is 1. The van der Waals surface area contributed by atoms with Crippen LogP contribution in [0.1, 0.15) is 27.0 Å². The number of amides is 1. The van der Waals surface area contributed by atoms with Crippen LogP contribution in [0, 0.1) is 0 Å². The third kappa shape index (κ3) is 6.69. The van der Waals surface area contributed by atoms with Crippen molar-refractivity contribution in [1.82, 2.24) is 10.2 Å². The highest BCUT2D eigenvalue weighted by atomic mass is 32.2. The van der Waals surface area contributed by atoms with Crippen molar-refractivity contribution in [2.24, 2.45) is 0 Å². The first-order valence-electron chi connectivity index (χ1n) is 10.7. The average Bonchev–Trinajstić information content (AvgIpc) is 2.83. The second kappa shape index (κ2) is 11.1. The molecule has 1 aliphatic heterocycles. The highest BCUT2D eigenvalue weighted by Gasteiger charge is 2.11. The van der Waals surface area contributed by atoms with Crippen molar-refractivity contribution >= 4 is 17.7 Å². The van der Waals surface area contributed by atoms with Crippen LogP contribution in [-0.4, -0.2) is 37.1 Å². The van der Waals surface area contributed by atoms with E-state index in [0.717, 1.165) is 44.2 Å². The molecule has 4 nitrogen and oxygen atoms in total. The van der Waals surface area contributed by atoms with Gasteiger partial charge in [-0.25, -0.2) is 0 Å². The summed E-state index contributed by atoms with van der Waals surface area (Å²) in [6, 6.07) is 26.7. The minimum absolute atomic E-state index is 0.0409. The SMILES string of the molecule is O=C(NCc1cccc(CN2CCOCC2)c1)c1ccc(CSc2ccccc2)cc1. The molecule has 31 heavy (non-hydrogen) atoms. The van der Waals surface area contributed by atoms with Gasteiger partial charge in [0, 0.05) is 42.4 Å². The van der Waals surface area contributed by atoms with Crippen molar-refractivity contribution in [3.05, 3.63) is 101 Å². The fourth-order valence-corrected chi connectivity index (χ4v) is 4.45. The van der Waals surface area contributed by atoms with Crippen molar-refractivity contribution in [1.29, 1.82) is 0 Å². The van der Waals surface area contributed by atoms with Gasteiger partial charge in [-0.2, -0.15) is 0 Å². The lowest BCUT2D eigenvalue weighted by Crippen LogP contribution is -2.35. The molecule has 0 bridgehead atoms. The van der Waals surface area contributed by atoms with E-state index in [4.69, 9.17) is 4.74 Å². The smallest absolute Gasteiger partial charge is 0.251 e. The summed E-state index contributed by atoms with van der Waals surface area (Å²) in [6.07, 6.45) is 0. The van der Waals surface area contributed by atoms with Crippen LogP contribution >= 0.6 is 11.8 Å². The lowest BCUT2D eigenvalue weighted by atomic mass is 10.1. The third-order valence-electron chi connectivity index (χ3n) is 5.32. The van der Waals surface area contributed by atoms with Gasteiger partial charge in [-0.15, -0.1) is 11.8 Å². The predicted molar refractivity (Wildman–Crippen MR) is 126 cm³/mol. The molecule has 1 amide bonds. The Morgan fingerprint density at radius 1 is 0.871 bits per heavy atom. The van der Waals surface area contributed by atoms with Gasteiger partial charge in [0.15, 0.2) is 0 Å². The van der Waals surface area contributed by atoms with E-state index in [1.807, 2.05) is 42.5 Å². The van der Waals surface area contributed by atoms with Gasteiger partial charge in [-0.1, -0.05) is 54.6 Å². The Balaban J connectivity index is 1.27. The van der Waals surface area contributed by atoms with Crippen molar-refractivity contribution in [3.8, 4) is 0 Å². The van der Waals surface area contributed by atoms with E-state index in [1.165, 1.54) is 16.0 Å². The number of morpholine rings is 1. The van der Waals surface area contributed by atoms with Crippen LogP contribution in [0.2, 0.25) is 0 Å². The van der Waals surface area contributed by atoms with Gasteiger partial charge < -0.3 is 10.1 Å². The van der Waals surface area contributed by atoms with Crippen molar-refractivity contribution < 1.29 is 9.53 Å². The van der Waals surface area contributed by atoms with Gasteiger partial charge in [-0.05, 0) is 41.0 Å². The second-order valence-electron chi connectivity index (χ2n) is 7.69. The van der Waals surface area contributed by atoms with E-state index >= 15 is 0 Å². The van der Waals surface area contributed by atoms with Gasteiger partial charge >= 0.3 is 0 Å². The maximum Gasteiger partial charge on any atom is 0.251 e. The van der Waals surface area contributed by atoms with Crippen molar-refractivity contribution in [2.45, 2.75) is 23.7 Å². The summed E-state index contributed by atoms with van der Waals surface area (Å²) in [6.45, 7) is 5.01. The minimum Gasteiger partial charge on any atom is -0.379 e. The van der Waals surface area contributed by atoms with Crippen molar-refractivity contribution in [3.63, 3.8) is 0 Å². The van der Waals surface area contributed by atoms with Crippen LogP contribution in [0.4, 0.5) is 0 Å². The third-order valence-corrected chi connectivity index (χ3v) is 6.40. The number of nitrogens with one attached hydrogen (secondary N) is 1. The lowest BCUT2D eigenvalue weighted by Gasteiger charge is -2.26. The van der Waals surface area contributed by atoms with E-state index < -0.39 is 0 Å². The molecule has 0 aromatic heterocycles. The zero-order valence-corrected chi connectivity index (χ0v) is 18.4. The summed E-state index contributed by atoms with van der Waals surface area (Å²) >= 11 is 1.80. The predicted octanol–water partition coefficient (Wildman–Crippen LogP) is 4.74. The average molecular weight is 433 g/mol. The molecule has 0 saturated carbocycles. The number of hydrogen-bond acceptors (Lipinski definition) is 4. The molecule has 4 rings (SSSR count). The van der Waals surface area contributed by atoms with Crippen LogP contribution in [0.5, 0.6) is 0 Å². The normalized spacial score (nSPS) is 14.3. The first-order chi connectivity index (χ1) is 15.3. The van der Waals surface area contributed by atoms with E-state index in [2.05, 4.69) is 46.6 Å². The first kappa shape index (κ1) is 21.6. The molecule has 1 N–H and O–H groups in total. The van der Waals surface area contributed by atoms with E-state index in [-0.39, 0.29) is 5.91 Å². The summed E-state index contributed by atoms with van der Waals surface area (Å²) in [7, 11) is 0. The van der Waals surface area contributed by atoms with Crippen LogP contribution < -0.4 is 5.32 Å². The lowest BCUT2D eigenvalue weighted by molar-refractivity contribution is 0.0342. The standard InChI is InChI=1S/C26H28N2O2S/c29-26(24-11-9-21(10-12-24)20-31-25-7-2-1-3-8-25)27-18-22-5-4-6-23(17-22)19-28-13-15-30-16-14-28/h1-12,17H,13-16,18-20H2,(H,27,29). The molecule has 3 aromatic rings. The largest absolute Gasteiger partial charge is 0.379 e. The molecule has 1 aliphatic rings. The molecule has 5 heteroatoms. The quantitative estimate of drug-likeness (QED) is 0.522. The summed E-state index contributed by atoms with van der Waals surface area (Å²) in [5.74, 6) is 0.850. The minimum atomic E-state index is -0.0409. The highest BCUT2D eigenvalue weighted by Crippen LogP contribution is 2.22. The number of carbonyl (C=O) groups excluding carboxylic acids is 1. The molecule has 0 spiro atoms. The Morgan fingerprint density at radius 2 is 1.61 bits per heavy atom. The molecule has 0 aliphatic carbocycles. The molecule has 0 radical (unpaired) electrons. The molecular formula is C26H28N2O2S. The van der Waals surface area contributed by atoms with E-state index in [0.29, 0.717) is 12.1 Å². The van der Waals surface area contributed by atoms with Gasteiger partial charge in [0.1, 0.15) is 0 Å². The maximum absolute atomic E-state index is 12.6. The Morgan fingerprint density at radius 3 is 2.39 bits per heavy atom. The molecule has 0 atom stereocenters. The molecule has 0 unspecified atom stereocenters. The van der Waals surface area contributed by atoms with Gasteiger partial charge in [0.05, 0.1) is 13.2 Å². The van der Waals surface area contributed by atoms with E-state index in [1.54, 1.807) is 11.8 Å². The van der Waals surface area contributed by atoms with Gasteiger partial charge in [-0.3, -0.25) is 9.69 Å². The van der Waals surface area contributed by atoms with Crippen LogP contribution in [0.25, 0.3) is 0 Å². The molecule has 1 saturated heterocycles. The number of benzene rings is 3. The second-order valence-corrected chi connectivity index (χ2v) is 8.74. The Kier molecular flexibility index (Phi) is 7.77. The van der Waals surface area contributed by atoms with Crippen LogP contribution in [0.3, 0.4) is 0 Å².